The molecule has 33 heavy (non-hydrogen) atoms. The van der Waals surface area contributed by atoms with Crippen molar-refractivity contribution < 1.29 is 22.3 Å². The van der Waals surface area contributed by atoms with Crippen LogP contribution in [-0.2, 0) is 13.2 Å². The topological polar surface area (TPSA) is 87.0 Å². The number of halogens is 4. The van der Waals surface area contributed by atoms with E-state index in [4.69, 9.17) is 10.5 Å². The summed E-state index contributed by atoms with van der Waals surface area (Å²) in [7, 11) is 1.55. The smallest absolute Gasteiger partial charge is 0.419 e. The van der Waals surface area contributed by atoms with Gasteiger partial charge in [-0.3, -0.25) is 0 Å². The summed E-state index contributed by atoms with van der Waals surface area (Å²) in [5, 5.41) is 8.85. The molecule has 1 aliphatic heterocycles. The third-order valence-corrected chi connectivity index (χ3v) is 6.40. The van der Waals surface area contributed by atoms with Gasteiger partial charge < -0.3 is 15.4 Å². The number of aromatic nitrogens is 5. The molecule has 3 heterocycles. The Morgan fingerprint density at radius 2 is 1.79 bits per heavy atom. The fourth-order valence-corrected chi connectivity index (χ4v) is 4.74. The average molecular weight is 465 g/mol. The second kappa shape index (κ2) is 7.72. The van der Waals surface area contributed by atoms with Crippen LogP contribution in [0.25, 0.3) is 5.95 Å². The number of alkyl halides is 3. The molecule has 12 heteroatoms. The summed E-state index contributed by atoms with van der Waals surface area (Å²) >= 11 is 0. The summed E-state index contributed by atoms with van der Waals surface area (Å²) in [6.45, 7) is 3.49. The van der Waals surface area contributed by atoms with Gasteiger partial charge in [-0.25, -0.2) is 9.07 Å². The Bertz CT molecular complexity index is 1170. The minimum absolute atomic E-state index is 0.0513. The van der Waals surface area contributed by atoms with Crippen LogP contribution in [0.3, 0.4) is 0 Å². The monoisotopic (exact) mass is 465 g/mol. The lowest BCUT2D eigenvalue weighted by Gasteiger charge is -2.37. The van der Waals surface area contributed by atoms with E-state index in [1.165, 1.54) is 4.68 Å². The van der Waals surface area contributed by atoms with E-state index in [2.05, 4.69) is 20.1 Å². The average Bonchev–Trinajstić information content (AvgIpc) is 3.35. The highest BCUT2D eigenvalue weighted by atomic mass is 19.4. The fourth-order valence-electron chi connectivity index (χ4n) is 4.74. The van der Waals surface area contributed by atoms with E-state index in [-0.39, 0.29) is 23.8 Å². The molecule has 2 unspecified atom stereocenters. The number of piperidine rings is 1. The first-order chi connectivity index (χ1) is 15.6. The van der Waals surface area contributed by atoms with Crippen molar-refractivity contribution in [1.82, 2.24) is 24.5 Å². The molecule has 0 amide bonds. The van der Waals surface area contributed by atoms with Crippen LogP contribution in [0.5, 0.6) is 11.8 Å². The number of aryl methyl sites for hydroxylation is 2. The van der Waals surface area contributed by atoms with Crippen molar-refractivity contribution in [3.63, 3.8) is 0 Å². The third kappa shape index (κ3) is 3.92. The van der Waals surface area contributed by atoms with Crippen molar-refractivity contribution in [3.8, 4) is 17.7 Å². The van der Waals surface area contributed by atoms with E-state index in [0.29, 0.717) is 24.0 Å². The first-order valence-electron chi connectivity index (χ1n) is 10.6. The maximum Gasteiger partial charge on any atom is 0.419 e. The molecule has 2 N–H and O–H groups in total. The molecule has 1 aromatic carbocycles. The Hall–Kier alpha value is -3.15. The van der Waals surface area contributed by atoms with Crippen molar-refractivity contribution in [2.45, 2.75) is 32.0 Å². The number of hydrogen-bond donors (Lipinski definition) is 1. The lowest BCUT2D eigenvalue weighted by molar-refractivity contribution is -0.140. The summed E-state index contributed by atoms with van der Waals surface area (Å²) in [4.78, 5) is 6.57. The van der Waals surface area contributed by atoms with E-state index in [9.17, 15) is 17.6 Å². The van der Waals surface area contributed by atoms with Gasteiger partial charge in [0.1, 0.15) is 17.4 Å². The first-order valence-corrected chi connectivity index (χ1v) is 10.6. The van der Waals surface area contributed by atoms with Crippen molar-refractivity contribution in [2.75, 3.05) is 18.0 Å². The minimum atomic E-state index is -4.84. The van der Waals surface area contributed by atoms with Crippen LogP contribution >= 0.6 is 0 Å². The van der Waals surface area contributed by atoms with Crippen molar-refractivity contribution in [3.05, 3.63) is 41.3 Å². The summed E-state index contributed by atoms with van der Waals surface area (Å²) in [5.41, 5.74) is 5.70. The molecule has 1 saturated carbocycles. The molecular weight excluding hydrogens is 442 g/mol. The van der Waals surface area contributed by atoms with Gasteiger partial charge in [-0.2, -0.15) is 27.9 Å². The van der Waals surface area contributed by atoms with Gasteiger partial charge in [0.05, 0.1) is 11.3 Å². The van der Waals surface area contributed by atoms with E-state index < -0.39 is 17.6 Å². The first kappa shape index (κ1) is 21.7. The van der Waals surface area contributed by atoms with E-state index in [1.807, 2.05) is 13.0 Å². The normalized spacial score (nSPS) is 22.8. The maximum atomic E-state index is 13.6. The maximum absolute atomic E-state index is 13.6. The van der Waals surface area contributed by atoms with Gasteiger partial charge in [0, 0.05) is 32.2 Å². The second-order valence-corrected chi connectivity index (χ2v) is 8.70. The Morgan fingerprint density at radius 3 is 2.45 bits per heavy atom. The Balaban J connectivity index is 1.43. The number of nitrogens with zero attached hydrogens (tertiary/aromatic N) is 6. The Labute approximate surface area is 186 Å². The van der Waals surface area contributed by atoms with E-state index >= 15 is 0 Å². The van der Waals surface area contributed by atoms with Crippen molar-refractivity contribution in [2.24, 2.45) is 24.6 Å². The molecule has 2 bridgehead atoms. The molecule has 3 aromatic rings. The van der Waals surface area contributed by atoms with Crippen LogP contribution in [0.4, 0.5) is 23.4 Å². The lowest BCUT2D eigenvalue weighted by Crippen LogP contribution is -2.49. The van der Waals surface area contributed by atoms with Gasteiger partial charge >= 0.3 is 12.2 Å². The lowest BCUT2D eigenvalue weighted by atomic mass is 9.93. The van der Waals surface area contributed by atoms with Crippen LogP contribution in [0, 0.1) is 24.6 Å². The number of rotatable bonds is 4. The molecule has 0 radical (unpaired) electrons. The SMILES string of the molecule is Cc1cc(N2CC3CCC(C2)C3N)n(-c2nc(Oc3ccc(F)c(C(F)(F)F)c3)n(C)n2)n1. The van der Waals surface area contributed by atoms with E-state index in [1.54, 1.807) is 11.7 Å². The molecule has 2 fully saturated rings. The summed E-state index contributed by atoms with van der Waals surface area (Å²) in [6.07, 6.45) is -2.63. The molecule has 2 aliphatic rings. The van der Waals surface area contributed by atoms with Crippen LogP contribution in [-0.4, -0.2) is 43.7 Å². The number of benzene rings is 1. The number of fused-ring (bicyclic) bond motifs is 2. The molecule has 2 aromatic heterocycles. The highest BCUT2D eigenvalue weighted by Crippen LogP contribution is 2.38. The van der Waals surface area contributed by atoms with Crippen molar-refractivity contribution >= 4 is 5.82 Å². The van der Waals surface area contributed by atoms with Gasteiger partial charge in [0.2, 0.25) is 0 Å². The van der Waals surface area contributed by atoms with Crippen LogP contribution in [0.15, 0.2) is 24.3 Å². The van der Waals surface area contributed by atoms with Gasteiger partial charge in [-0.1, -0.05) is 0 Å². The molecular formula is C21H23F4N7O. The van der Waals surface area contributed by atoms with Gasteiger partial charge in [-0.05, 0) is 49.8 Å². The van der Waals surface area contributed by atoms with Crippen LogP contribution < -0.4 is 15.4 Å². The summed E-state index contributed by atoms with van der Waals surface area (Å²) in [5.74, 6) is 0.309. The fraction of sp³-hybridized carbons (Fsp3) is 0.476. The highest BCUT2D eigenvalue weighted by molar-refractivity contribution is 5.46. The zero-order valence-electron chi connectivity index (χ0n) is 18.1. The van der Waals surface area contributed by atoms with Crippen molar-refractivity contribution in [1.29, 1.82) is 0 Å². The molecule has 8 nitrogen and oxygen atoms in total. The van der Waals surface area contributed by atoms with Gasteiger partial charge in [0.25, 0.3) is 5.95 Å². The predicted octanol–water partition coefficient (Wildman–Crippen LogP) is 3.43. The molecule has 5 rings (SSSR count). The quantitative estimate of drug-likeness (QED) is 0.594. The number of anilines is 1. The molecule has 0 spiro atoms. The highest BCUT2D eigenvalue weighted by Gasteiger charge is 2.41. The molecule has 2 atom stereocenters. The molecule has 1 saturated heterocycles. The molecule has 176 valence electrons. The second-order valence-electron chi connectivity index (χ2n) is 8.70. The van der Waals surface area contributed by atoms with Gasteiger partial charge in [-0.15, -0.1) is 5.10 Å². The largest absolute Gasteiger partial charge is 0.424 e. The summed E-state index contributed by atoms with van der Waals surface area (Å²) in [6, 6.07) is 4.52. The minimum Gasteiger partial charge on any atom is -0.424 e. The van der Waals surface area contributed by atoms with E-state index in [0.717, 1.165) is 43.5 Å². The molecule has 1 aliphatic carbocycles. The number of nitrogens with two attached hydrogens (primary N) is 1. The number of ether oxygens (including phenoxy) is 1. The third-order valence-electron chi connectivity index (χ3n) is 6.40. The zero-order chi connectivity index (χ0) is 23.5. The van der Waals surface area contributed by atoms with Gasteiger partial charge in [0.15, 0.2) is 0 Å². The number of hydrogen-bond acceptors (Lipinski definition) is 6. The summed E-state index contributed by atoms with van der Waals surface area (Å²) < 4.78 is 61.1. The van der Waals surface area contributed by atoms with Crippen LogP contribution in [0.2, 0.25) is 0 Å². The Morgan fingerprint density at radius 1 is 1.09 bits per heavy atom. The standard InChI is InChI=1S/C21H23F4N7O/c1-11-7-17(31-9-12-3-4-13(10-31)18(12)26)32(28-11)19-27-20(30(2)29-19)33-14-5-6-16(22)15(8-14)21(23,24)25/h5-8,12-13,18H,3-4,9-10,26H2,1-2H3. The zero-order valence-corrected chi connectivity index (χ0v) is 18.1. The predicted molar refractivity (Wildman–Crippen MR) is 111 cm³/mol. The Kier molecular flexibility index (Phi) is 5.07. The van der Waals surface area contributed by atoms with Crippen LogP contribution in [0.1, 0.15) is 24.1 Å².